The van der Waals surface area contributed by atoms with Crippen LogP contribution < -0.4 is 0 Å². The molecule has 0 spiro atoms. The molecule has 0 radical (unpaired) electrons. The number of aliphatic hydroxyl groups excluding tert-OH is 1. The molecule has 1 nitrogen and oxygen atoms in total. The molecule has 0 unspecified atom stereocenters. The molecule has 74 valence electrons. The highest BCUT2D eigenvalue weighted by molar-refractivity contribution is 7.80. The Kier molecular flexibility index (Phi) is 2.81. The number of rotatable bonds is 2. The molecule has 0 saturated carbocycles. The Morgan fingerprint density at radius 3 is 2.93 bits per heavy atom. The van der Waals surface area contributed by atoms with E-state index in [4.69, 9.17) is 0 Å². The second kappa shape index (κ2) is 3.93. The van der Waals surface area contributed by atoms with E-state index < -0.39 is 0 Å². The number of hydrogen-bond acceptors (Lipinski definition) is 3. The van der Waals surface area contributed by atoms with Crippen LogP contribution >= 0.6 is 24.0 Å². The molecule has 2 aromatic rings. The van der Waals surface area contributed by atoms with Crippen LogP contribution in [-0.4, -0.2) is 5.11 Å². The predicted octanol–water partition coefficient (Wildman–Crippen LogP) is 3.24. The van der Waals surface area contributed by atoms with Gasteiger partial charge in [-0.2, -0.15) is 0 Å². The zero-order chi connectivity index (χ0) is 10.1. The smallest absolute Gasteiger partial charge is 0.0693 e. The number of benzene rings is 1. The van der Waals surface area contributed by atoms with Gasteiger partial charge < -0.3 is 5.11 Å². The van der Waals surface area contributed by atoms with E-state index >= 15 is 0 Å². The molecule has 0 aliphatic rings. The number of thiol groups is 1. The highest BCUT2D eigenvalue weighted by atomic mass is 32.1. The maximum Gasteiger partial charge on any atom is 0.0693 e. The molecule has 1 N–H and O–H groups in total. The van der Waals surface area contributed by atoms with E-state index in [1.54, 1.807) is 11.3 Å². The number of aliphatic hydroxyl groups is 1. The third-order valence-electron chi connectivity index (χ3n) is 2.44. The maximum absolute atomic E-state index is 9.19. The Labute approximate surface area is 92.8 Å². The molecule has 0 atom stereocenters. The van der Waals surface area contributed by atoms with Gasteiger partial charge in [-0.3, -0.25) is 0 Å². The number of hydrogen-bond donors (Lipinski definition) is 2. The molecule has 0 fully saturated rings. The van der Waals surface area contributed by atoms with Crippen molar-refractivity contribution in [1.29, 1.82) is 0 Å². The molecule has 0 aliphatic carbocycles. The third-order valence-corrected chi connectivity index (χ3v) is 3.86. The Morgan fingerprint density at radius 2 is 2.29 bits per heavy atom. The van der Waals surface area contributed by atoms with Crippen LogP contribution in [-0.2, 0) is 13.0 Å². The van der Waals surface area contributed by atoms with Crippen LogP contribution in [0, 0.1) is 0 Å². The van der Waals surface area contributed by atoms with Crippen molar-refractivity contribution < 1.29 is 5.11 Å². The zero-order valence-corrected chi connectivity index (χ0v) is 9.66. The van der Waals surface area contributed by atoms with Crippen molar-refractivity contribution in [3.05, 3.63) is 28.6 Å². The average molecular weight is 224 g/mol. The molecular formula is C11H12OS2. The Bertz CT molecular complexity index is 460. The minimum atomic E-state index is 0.0691. The average Bonchev–Trinajstić information content (AvgIpc) is 2.64. The molecule has 2 rings (SSSR count). The van der Waals surface area contributed by atoms with Crippen LogP contribution in [0.2, 0.25) is 0 Å². The molecule has 1 aromatic heterocycles. The summed E-state index contributed by atoms with van der Waals surface area (Å²) >= 11 is 6.18. The van der Waals surface area contributed by atoms with Crippen molar-refractivity contribution in [2.24, 2.45) is 0 Å². The molecule has 3 heteroatoms. The van der Waals surface area contributed by atoms with E-state index in [1.165, 1.54) is 15.6 Å². The van der Waals surface area contributed by atoms with Gasteiger partial charge in [0.1, 0.15) is 0 Å². The first-order chi connectivity index (χ1) is 6.77. The van der Waals surface area contributed by atoms with E-state index in [9.17, 15) is 5.11 Å². The highest BCUT2D eigenvalue weighted by Crippen LogP contribution is 2.32. The van der Waals surface area contributed by atoms with Gasteiger partial charge in [0, 0.05) is 9.60 Å². The molecule has 0 aliphatic heterocycles. The number of thiophene rings is 1. The molecule has 0 amide bonds. The third kappa shape index (κ3) is 1.45. The number of fused-ring (bicyclic) bond motifs is 1. The van der Waals surface area contributed by atoms with Gasteiger partial charge >= 0.3 is 0 Å². The molecule has 14 heavy (non-hydrogen) atoms. The second-order valence-corrected chi connectivity index (χ2v) is 4.60. The zero-order valence-electron chi connectivity index (χ0n) is 7.95. The molecule has 0 saturated heterocycles. The summed E-state index contributed by atoms with van der Waals surface area (Å²) in [6, 6.07) is 4.15. The quantitative estimate of drug-likeness (QED) is 0.750. The second-order valence-electron chi connectivity index (χ2n) is 3.21. The van der Waals surface area contributed by atoms with Crippen LogP contribution in [0.1, 0.15) is 18.1 Å². The van der Waals surface area contributed by atoms with Crippen molar-refractivity contribution in [2.45, 2.75) is 24.8 Å². The van der Waals surface area contributed by atoms with Gasteiger partial charge in [-0.15, -0.1) is 24.0 Å². The van der Waals surface area contributed by atoms with Crippen molar-refractivity contribution in [1.82, 2.24) is 0 Å². The summed E-state index contributed by atoms with van der Waals surface area (Å²) in [5.41, 5.74) is 2.18. The monoisotopic (exact) mass is 224 g/mol. The Hall–Kier alpha value is -0.510. The first kappa shape index (κ1) is 10.0. The molecule has 1 aromatic carbocycles. The van der Waals surface area contributed by atoms with Gasteiger partial charge in [0.15, 0.2) is 0 Å². The lowest BCUT2D eigenvalue weighted by Gasteiger charge is -2.08. The summed E-state index contributed by atoms with van der Waals surface area (Å²) < 4.78 is 1.24. The fraction of sp³-hybridized carbons (Fsp3) is 0.273. The largest absolute Gasteiger partial charge is 0.392 e. The highest BCUT2D eigenvalue weighted by Gasteiger charge is 2.09. The normalized spacial score (nSPS) is 11.1. The summed E-state index contributed by atoms with van der Waals surface area (Å²) in [6.07, 6.45) is 0.958. The Morgan fingerprint density at radius 1 is 1.50 bits per heavy atom. The van der Waals surface area contributed by atoms with Gasteiger partial charge in [-0.1, -0.05) is 6.92 Å². The molecular weight excluding hydrogens is 212 g/mol. The van der Waals surface area contributed by atoms with E-state index in [2.05, 4.69) is 31.0 Å². The lowest BCUT2D eigenvalue weighted by molar-refractivity contribution is 0.279. The van der Waals surface area contributed by atoms with Crippen LogP contribution in [0.3, 0.4) is 0 Å². The standard InChI is InChI=1S/C11H12OS2/c1-2-8-9-3-4-14-10(9)5-7(6-12)11(8)13/h3-5,12-13H,2,6H2,1H3. The lowest BCUT2D eigenvalue weighted by atomic mass is 10.0. The summed E-state index contributed by atoms with van der Waals surface area (Å²) in [5.74, 6) is 0. The fourth-order valence-electron chi connectivity index (χ4n) is 1.71. The van der Waals surface area contributed by atoms with Crippen LogP contribution in [0.25, 0.3) is 10.1 Å². The van der Waals surface area contributed by atoms with Crippen molar-refractivity contribution >= 4 is 34.1 Å². The maximum atomic E-state index is 9.19. The first-order valence-electron chi connectivity index (χ1n) is 4.59. The molecule has 0 bridgehead atoms. The van der Waals surface area contributed by atoms with Crippen LogP contribution in [0.4, 0.5) is 0 Å². The van der Waals surface area contributed by atoms with Gasteiger partial charge in [0.2, 0.25) is 0 Å². The first-order valence-corrected chi connectivity index (χ1v) is 5.92. The van der Waals surface area contributed by atoms with Gasteiger partial charge in [-0.05, 0) is 40.4 Å². The van der Waals surface area contributed by atoms with Gasteiger partial charge in [-0.25, -0.2) is 0 Å². The molecule has 1 heterocycles. The number of aryl methyl sites for hydroxylation is 1. The van der Waals surface area contributed by atoms with E-state index in [1.807, 2.05) is 6.07 Å². The summed E-state index contributed by atoms with van der Waals surface area (Å²) in [5, 5.41) is 12.6. The minimum absolute atomic E-state index is 0.0691. The van der Waals surface area contributed by atoms with Gasteiger partial charge in [0.25, 0.3) is 0 Å². The lowest BCUT2D eigenvalue weighted by Crippen LogP contribution is -1.92. The Balaban J connectivity index is 2.80. The van der Waals surface area contributed by atoms with E-state index in [0.717, 1.165) is 16.9 Å². The van der Waals surface area contributed by atoms with Gasteiger partial charge in [0.05, 0.1) is 6.61 Å². The SMILES string of the molecule is CCc1c(S)c(CO)cc2sccc12. The summed E-state index contributed by atoms with van der Waals surface area (Å²) in [4.78, 5) is 0.945. The van der Waals surface area contributed by atoms with Crippen molar-refractivity contribution in [3.8, 4) is 0 Å². The summed E-state index contributed by atoms with van der Waals surface area (Å²) in [7, 11) is 0. The van der Waals surface area contributed by atoms with Crippen molar-refractivity contribution in [2.75, 3.05) is 0 Å². The van der Waals surface area contributed by atoms with E-state index in [-0.39, 0.29) is 6.61 Å². The van der Waals surface area contributed by atoms with Crippen LogP contribution in [0.15, 0.2) is 22.4 Å². The van der Waals surface area contributed by atoms with Crippen molar-refractivity contribution in [3.63, 3.8) is 0 Å². The van der Waals surface area contributed by atoms with E-state index in [0.29, 0.717) is 0 Å². The van der Waals surface area contributed by atoms with Crippen LogP contribution in [0.5, 0.6) is 0 Å². The topological polar surface area (TPSA) is 20.2 Å². The fourth-order valence-corrected chi connectivity index (χ4v) is 3.00. The minimum Gasteiger partial charge on any atom is -0.392 e. The predicted molar refractivity (Wildman–Crippen MR) is 64.4 cm³/mol. The summed E-state index contributed by atoms with van der Waals surface area (Å²) in [6.45, 7) is 2.19.